The highest BCUT2D eigenvalue weighted by Crippen LogP contribution is 2.27. The number of rotatable bonds is 29. The van der Waals surface area contributed by atoms with Crippen LogP contribution < -0.4 is 5.32 Å². The number of nitrogens with zero attached hydrogens (tertiary/aromatic N) is 1. The molecule has 262 valence electrons. The summed E-state index contributed by atoms with van der Waals surface area (Å²) in [5.74, 6) is 0.795. The molecular formula is C34H62N2O8S. The Hall–Kier alpha value is -1.60. The fourth-order valence-electron chi connectivity index (χ4n) is 5.75. The standard InChI is InChI=1S/C34H62N2O8S/c1-3-21-36(22-4-2)45(42,43)33-16-14-32(15-17-33)34(41)35-20-7-27-44-28-31(12-10-29(18-25-39)8-5-23-37)13-11-30(19-26-40)9-6-24-38/h14-17,29-31,37-40H,3-13,18-28H2,1-2H3,(H,35,41). The molecule has 5 N–H and O–H groups in total. The third-order valence-corrected chi connectivity index (χ3v) is 10.3. The predicted octanol–water partition coefficient (Wildman–Crippen LogP) is 4.35. The summed E-state index contributed by atoms with van der Waals surface area (Å²) in [5.41, 5.74) is 0.407. The van der Waals surface area contributed by atoms with Crippen LogP contribution in [0.25, 0.3) is 0 Å². The molecule has 0 aliphatic heterocycles. The van der Waals surface area contributed by atoms with Gasteiger partial charge in [0.25, 0.3) is 5.91 Å². The molecule has 45 heavy (non-hydrogen) atoms. The maximum Gasteiger partial charge on any atom is 0.251 e. The van der Waals surface area contributed by atoms with Crippen molar-refractivity contribution in [3.05, 3.63) is 29.8 Å². The Balaban J connectivity index is 2.61. The molecule has 0 aliphatic rings. The van der Waals surface area contributed by atoms with Gasteiger partial charge < -0.3 is 30.5 Å². The lowest BCUT2D eigenvalue weighted by Crippen LogP contribution is -2.32. The van der Waals surface area contributed by atoms with Crippen LogP contribution in [0, 0.1) is 17.8 Å². The monoisotopic (exact) mass is 658 g/mol. The van der Waals surface area contributed by atoms with Gasteiger partial charge in [-0.05, 0) is 113 Å². The summed E-state index contributed by atoms with van der Waals surface area (Å²) < 4.78 is 33.5. The van der Waals surface area contributed by atoms with Crippen LogP contribution in [0.3, 0.4) is 0 Å². The van der Waals surface area contributed by atoms with Crippen molar-refractivity contribution >= 4 is 15.9 Å². The molecule has 0 spiro atoms. The van der Waals surface area contributed by atoms with Crippen LogP contribution in [0.15, 0.2) is 29.2 Å². The number of aliphatic hydroxyl groups excluding tert-OH is 4. The maximum atomic E-state index is 13.0. The van der Waals surface area contributed by atoms with Gasteiger partial charge in [-0.25, -0.2) is 8.42 Å². The van der Waals surface area contributed by atoms with Crippen molar-refractivity contribution in [1.29, 1.82) is 0 Å². The molecule has 1 rings (SSSR count). The molecule has 0 radical (unpaired) electrons. The Kier molecular flexibility index (Phi) is 23.5. The zero-order valence-corrected chi connectivity index (χ0v) is 28.7. The molecule has 1 aromatic rings. The number of hydrogen-bond acceptors (Lipinski definition) is 8. The minimum absolute atomic E-state index is 0.141. The number of carbonyl (C=O) groups is 1. The molecule has 0 fully saturated rings. The first kappa shape index (κ1) is 41.4. The molecule has 2 atom stereocenters. The lowest BCUT2D eigenvalue weighted by molar-refractivity contribution is 0.0815. The number of carbonyl (C=O) groups excluding carboxylic acids is 1. The Morgan fingerprint density at radius 1 is 0.733 bits per heavy atom. The summed E-state index contributed by atoms with van der Waals surface area (Å²) in [7, 11) is -3.59. The number of hydrogen-bond donors (Lipinski definition) is 5. The average molecular weight is 659 g/mol. The molecule has 0 saturated carbocycles. The number of nitrogens with one attached hydrogen (secondary N) is 1. The van der Waals surface area contributed by atoms with Crippen molar-refractivity contribution in [2.24, 2.45) is 17.8 Å². The van der Waals surface area contributed by atoms with Crippen molar-refractivity contribution in [2.45, 2.75) is 102 Å². The largest absolute Gasteiger partial charge is 0.396 e. The number of aliphatic hydroxyl groups is 4. The Morgan fingerprint density at radius 2 is 1.24 bits per heavy atom. The second kappa shape index (κ2) is 25.5. The lowest BCUT2D eigenvalue weighted by Gasteiger charge is -2.23. The SMILES string of the molecule is CCCN(CCC)S(=O)(=O)c1ccc(C(=O)NCCCOCC(CCC(CCO)CCCO)CCC(CCO)CCCO)cc1. The zero-order valence-electron chi connectivity index (χ0n) is 27.9. The van der Waals surface area contributed by atoms with Crippen LogP contribution in [-0.4, -0.2) is 98.3 Å². The first-order chi connectivity index (χ1) is 21.8. The van der Waals surface area contributed by atoms with E-state index in [1.165, 1.54) is 16.4 Å². The topological polar surface area (TPSA) is 157 Å². The number of benzene rings is 1. The highest BCUT2D eigenvalue weighted by Gasteiger charge is 2.23. The van der Waals surface area contributed by atoms with Gasteiger partial charge in [0.15, 0.2) is 0 Å². The van der Waals surface area contributed by atoms with Crippen LogP contribution in [0.1, 0.15) is 108 Å². The first-order valence-corrected chi connectivity index (χ1v) is 18.6. The highest BCUT2D eigenvalue weighted by atomic mass is 32.2. The maximum absolute atomic E-state index is 13.0. The summed E-state index contributed by atoms with van der Waals surface area (Å²) in [5, 5.41) is 40.3. The van der Waals surface area contributed by atoms with Gasteiger partial charge in [-0.1, -0.05) is 26.7 Å². The normalized spacial score (nSPS) is 14.0. The Labute approximate surface area is 272 Å². The number of amides is 1. The average Bonchev–Trinajstić information content (AvgIpc) is 3.04. The van der Waals surface area contributed by atoms with Crippen LogP contribution in [0.2, 0.25) is 0 Å². The predicted molar refractivity (Wildman–Crippen MR) is 179 cm³/mol. The van der Waals surface area contributed by atoms with E-state index < -0.39 is 10.0 Å². The number of sulfonamides is 1. The smallest absolute Gasteiger partial charge is 0.251 e. The molecular weight excluding hydrogens is 596 g/mol. The van der Waals surface area contributed by atoms with Crippen molar-refractivity contribution in [3.63, 3.8) is 0 Å². The van der Waals surface area contributed by atoms with E-state index in [4.69, 9.17) is 4.74 Å². The third kappa shape index (κ3) is 17.2. The summed E-state index contributed by atoms with van der Waals surface area (Å²) in [4.78, 5) is 12.9. The molecule has 11 heteroatoms. The van der Waals surface area contributed by atoms with E-state index in [9.17, 15) is 33.6 Å². The van der Waals surface area contributed by atoms with E-state index >= 15 is 0 Å². The van der Waals surface area contributed by atoms with Crippen molar-refractivity contribution in [3.8, 4) is 0 Å². The summed E-state index contributed by atoms with van der Waals surface area (Å²) >= 11 is 0. The van der Waals surface area contributed by atoms with E-state index in [0.29, 0.717) is 62.6 Å². The van der Waals surface area contributed by atoms with Crippen LogP contribution >= 0.6 is 0 Å². The second-order valence-electron chi connectivity index (χ2n) is 12.1. The fourth-order valence-corrected chi connectivity index (χ4v) is 7.38. The van der Waals surface area contributed by atoms with Crippen LogP contribution in [0.4, 0.5) is 0 Å². The molecule has 0 saturated heterocycles. The molecule has 2 unspecified atom stereocenters. The zero-order chi connectivity index (χ0) is 33.3. The molecule has 0 aromatic heterocycles. The molecule has 0 heterocycles. The Bertz CT molecular complexity index is 949. The van der Waals surface area contributed by atoms with Crippen molar-refractivity contribution in [1.82, 2.24) is 9.62 Å². The van der Waals surface area contributed by atoms with Gasteiger partial charge in [0.1, 0.15) is 0 Å². The van der Waals surface area contributed by atoms with Crippen molar-refractivity contribution < 1.29 is 38.4 Å². The van der Waals surface area contributed by atoms with E-state index in [1.54, 1.807) is 12.1 Å². The quantitative estimate of drug-likeness (QED) is 0.0796. The van der Waals surface area contributed by atoms with Crippen molar-refractivity contribution in [2.75, 3.05) is 59.3 Å². The molecule has 1 aromatic carbocycles. The van der Waals surface area contributed by atoms with Gasteiger partial charge in [-0.2, -0.15) is 4.31 Å². The Morgan fingerprint density at radius 3 is 1.71 bits per heavy atom. The van der Waals surface area contributed by atoms with E-state index in [2.05, 4.69) is 5.32 Å². The van der Waals surface area contributed by atoms with E-state index in [-0.39, 0.29) is 37.2 Å². The van der Waals surface area contributed by atoms with E-state index in [0.717, 1.165) is 77.0 Å². The lowest BCUT2D eigenvalue weighted by atomic mass is 9.86. The molecule has 1 amide bonds. The van der Waals surface area contributed by atoms with E-state index in [1.807, 2.05) is 13.8 Å². The van der Waals surface area contributed by atoms with Gasteiger partial charge >= 0.3 is 0 Å². The second-order valence-corrected chi connectivity index (χ2v) is 14.1. The van der Waals surface area contributed by atoms with Gasteiger partial charge in [0, 0.05) is 64.8 Å². The molecule has 0 bridgehead atoms. The minimum atomic E-state index is -3.59. The third-order valence-electron chi connectivity index (χ3n) is 8.39. The summed E-state index contributed by atoms with van der Waals surface area (Å²) in [6, 6.07) is 6.09. The number of ether oxygens (including phenoxy) is 1. The van der Waals surface area contributed by atoms with Crippen LogP contribution in [-0.2, 0) is 14.8 Å². The molecule has 0 aliphatic carbocycles. The molecule has 10 nitrogen and oxygen atoms in total. The van der Waals surface area contributed by atoms with Gasteiger partial charge in [0.2, 0.25) is 10.0 Å². The van der Waals surface area contributed by atoms with Gasteiger partial charge in [0.05, 0.1) is 4.90 Å². The first-order valence-electron chi connectivity index (χ1n) is 17.2. The highest BCUT2D eigenvalue weighted by molar-refractivity contribution is 7.89. The summed E-state index contributed by atoms with van der Waals surface area (Å²) in [6.45, 7) is 6.94. The van der Waals surface area contributed by atoms with Crippen LogP contribution in [0.5, 0.6) is 0 Å². The minimum Gasteiger partial charge on any atom is -0.396 e. The van der Waals surface area contributed by atoms with Gasteiger partial charge in [-0.3, -0.25) is 4.79 Å². The summed E-state index contributed by atoms with van der Waals surface area (Å²) in [6.07, 6.45) is 10.6. The van der Waals surface area contributed by atoms with Gasteiger partial charge in [-0.15, -0.1) is 0 Å². The fraction of sp³-hybridized carbons (Fsp3) is 0.794.